The fourth-order valence-corrected chi connectivity index (χ4v) is 0.744. The number of rotatable bonds is 3. The number of allylic oxidation sites excluding steroid dienone is 3. The Morgan fingerprint density at radius 2 is 2.44 bits per heavy atom. The smallest absolute Gasteiger partial charge is 0.0434 e. The third-order valence-electron chi connectivity index (χ3n) is 1.21. The lowest BCUT2D eigenvalue weighted by Crippen LogP contribution is -1.93. The van der Waals surface area contributed by atoms with Crippen molar-refractivity contribution in [2.75, 3.05) is 6.61 Å². The molecule has 1 N–H and O–H groups in total. The molecule has 1 heterocycles. The Kier molecular flexibility index (Phi) is 2.33. The molecule has 0 amide bonds. The quantitative estimate of drug-likeness (QED) is 0.592. The predicted octanol–water partition coefficient (Wildman–Crippen LogP) is 0.774. The molecule has 0 bridgehead atoms. The van der Waals surface area contributed by atoms with Crippen molar-refractivity contribution in [1.29, 1.82) is 0 Å². The maximum absolute atomic E-state index is 8.44. The summed E-state index contributed by atoms with van der Waals surface area (Å²) < 4.78 is 0. The average Bonchev–Trinajstić information content (AvgIpc) is 2.34. The van der Waals surface area contributed by atoms with Gasteiger partial charge >= 0.3 is 0 Å². The van der Waals surface area contributed by atoms with Crippen molar-refractivity contribution in [3.8, 4) is 0 Å². The number of nitrogens with zero attached hydrogens (tertiary/aromatic N) is 1. The Balaban J connectivity index is 2.14. The minimum absolute atomic E-state index is 0.257. The highest BCUT2D eigenvalue weighted by Crippen LogP contribution is 2.06. The van der Waals surface area contributed by atoms with E-state index in [0.29, 0.717) is 0 Å². The van der Waals surface area contributed by atoms with E-state index in [9.17, 15) is 0 Å². The second kappa shape index (κ2) is 3.30. The Morgan fingerprint density at radius 3 is 3.00 bits per heavy atom. The van der Waals surface area contributed by atoms with Crippen molar-refractivity contribution in [1.82, 2.24) is 5.32 Å². The van der Waals surface area contributed by atoms with Crippen LogP contribution in [-0.4, -0.2) is 11.7 Å². The molecule has 0 fully saturated rings. The van der Waals surface area contributed by atoms with E-state index in [-0.39, 0.29) is 6.61 Å². The maximum Gasteiger partial charge on any atom is 0.0434 e. The van der Waals surface area contributed by atoms with Crippen LogP contribution < -0.4 is 5.32 Å². The van der Waals surface area contributed by atoms with Gasteiger partial charge in [0, 0.05) is 18.5 Å². The number of aliphatic hydroxyl groups excluding tert-OH is 1. The van der Waals surface area contributed by atoms with Crippen LogP contribution >= 0.6 is 0 Å². The van der Waals surface area contributed by atoms with Gasteiger partial charge in [-0.25, -0.2) is 0 Å². The Bertz CT molecular complexity index is 138. The van der Waals surface area contributed by atoms with Gasteiger partial charge in [0.15, 0.2) is 0 Å². The van der Waals surface area contributed by atoms with E-state index in [1.54, 1.807) is 6.20 Å². The molecule has 0 aromatic carbocycles. The summed E-state index contributed by atoms with van der Waals surface area (Å²) in [5.41, 5.74) is 1.07. The van der Waals surface area contributed by atoms with E-state index in [0.717, 1.165) is 18.5 Å². The molecule has 0 aromatic heterocycles. The van der Waals surface area contributed by atoms with Gasteiger partial charge in [-0.15, -0.1) is 0 Å². The van der Waals surface area contributed by atoms with Gasteiger partial charge in [-0.2, -0.15) is 0 Å². The summed E-state index contributed by atoms with van der Waals surface area (Å²) in [5, 5.41) is 12.5. The standard InChI is InChI=1S/C7H10NO/c9-6-2-4-7-3-1-5-8-7/h1,3,5,9H,2,4,6H2. The first-order valence-corrected chi connectivity index (χ1v) is 3.11. The number of aliphatic hydroxyl groups is 1. The average molecular weight is 124 g/mol. The van der Waals surface area contributed by atoms with E-state index >= 15 is 0 Å². The second-order valence-corrected chi connectivity index (χ2v) is 1.96. The van der Waals surface area contributed by atoms with Gasteiger partial charge in [-0.1, -0.05) is 0 Å². The van der Waals surface area contributed by atoms with E-state index in [4.69, 9.17) is 5.11 Å². The highest BCUT2D eigenvalue weighted by Gasteiger charge is 1.97. The van der Waals surface area contributed by atoms with Crippen LogP contribution in [0, 0.1) is 0 Å². The zero-order chi connectivity index (χ0) is 6.53. The van der Waals surface area contributed by atoms with Crippen molar-refractivity contribution in [2.45, 2.75) is 12.8 Å². The lowest BCUT2D eigenvalue weighted by Gasteiger charge is -1.96. The van der Waals surface area contributed by atoms with Gasteiger partial charge in [0.05, 0.1) is 0 Å². The molecule has 0 aliphatic carbocycles. The highest BCUT2D eigenvalue weighted by atomic mass is 16.2. The largest absolute Gasteiger partial charge is 0.396 e. The Labute approximate surface area is 54.9 Å². The molecule has 0 atom stereocenters. The number of hydrogen-bond acceptors (Lipinski definition) is 1. The minimum atomic E-state index is 0.257. The molecule has 0 spiro atoms. The van der Waals surface area contributed by atoms with Gasteiger partial charge in [0.1, 0.15) is 0 Å². The van der Waals surface area contributed by atoms with Crippen LogP contribution in [-0.2, 0) is 0 Å². The maximum atomic E-state index is 8.44. The molecule has 9 heavy (non-hydrogen) atoms. The molecular weight excluding hydrogens is 114 g/mol. The van der Waals surface area contributed by atoms with Crippen LogP contribution in [0.4, 0.5) is 0 Å². The van der Waals surface area contributed by atoms with E-state index in [1.165, 1.54) is 0 Å². The summed E-state index contributed by atoms with van der Waals surface area (Å²) in [6, 6.07) is 0. The molecule has 0 unspecified atom stereocenters. The normalized spacial score (nSPS) is 15.4. The summed E-state index contributed by atoms with van der Waals surface area (Å²) in [5.74, 6) is 0. The first kappa shape index (κ1) is 6.36. The Hall–Kier alpha value is -0.760. The molecular formula is C7H10NO. The highest BCUT2D eigenvalue weighted by molar-refractivity contribution is 5.18. The first-order valence-electron chi connectivity index (χ1n) is 3.11. The second-order valence-electron chi connectivity index (χ2n) is 1.96. The van der Waals surface area contributed by atoms with Crippen molar-refractivity contribution in [3.05, 3.63) is 24.0 Å². The number of hydrogen-bond donors (Lipinski definition) is 1. The van der Waals surface area contributed by atoms with Gasteiger partial charge in [0.25, 0.3) is 0 Å². The van der Waals surface area contributed by atoms with E-state index in [1.807, 2.05) is 12.2 Å². The van der Waals surface area contributed by atoms with Crippen molar-refractivity contribution >= 4 is 0 Å². The summed E-state index contributed by atoms with van der Waals surface area (Å²) in [4.78, 5) is 0. The van der Waals surface area contributed by atoms with Crippen LogP contribution in [0.3, 0.4) is 0 Å². The molecule has 0 saturated carbocycles. The van der Waals surface area contributed by atoms with Gasteiger partial charge in [-0.05, 0) is 25.0 Å². The summed E-state index contributed by atoms with van der Waals surface area (Å²) in [6.45, 7) is 0.257. The molecule has 49 valence electrons. The monoisotopic (exact) mass is 124 g/mol. The lowest BCUT2D eigenvalue weighted by atomic mass is 10.2. The molecule has 1 aliphatic heterocycles. The van der Waals surface area contributed by atoms with E-state index in [2.05, 4.69) is 5.32 Å². The molecule has 1 aliphatic rings. The van der Waals surface area contributed by atoms with Crippen molar-refractivity contribution < 1.29 is 5.11 Å². The van der Waals surface area contributed by atoms with Gasteiger partial charge < -0.3 is 5.11 Å². The molecule has 0 aromatic rings. The zero-order valence-electron chi connectivity index (χ0n) is 5.25. The fraction of sp³-hybridized carbons (Fsp3) is 0.429. The van der Waals surface area contributed by atoms with Crippen LogP contribution in [0.25, 0.3) is 0 Å². The van der Waals surface area contributed by atoms with Crippen LogP contribution in [0.1, 0.15) is 12.8 Å². The zero-order valence-corrected chi connectivity index (χ0v) is 5.25. The van der Waals surface area contributed by atoms with Crippen molar-refractivity contribution in [2.24, 2.45) is 0 Å². The van der Waals surface area contributed by atoms with Gasteiger partial charge in [-0.3, -0.25) is 5.32 Å². The molecule has 1 rings (SSSR count). The third kappa shape index (κ3) is 1.90. The fourth-order valence-electron chi connectivity index (χ4n) is 0.744. The van der Waals surface area contributed by atoms with Gasteiger partial charge in [0.2, 0.25) is 0 Å². The molecule has 0 saturated heterocycles. The predicted molar refractivity (Wildman–Crippen MR) is 35.7 cm³/mol. The minimum Gasteiger partial charge on any atom is -0.396 e. The third-order valence-corrected chi connectivity index (χ3v) is 1.21. The van der Waals surface area contributed by atoms with Crippen LogP contribution in [0.5, 0.6) is 0 Å². The molecule has 2 heteroatoms. The molecule has 1 radical (unpaired) electrons. The summed E-state index contributed by atoms with van der Waals surface area (Å²) >= 11 is 0. The van der Waals surface area contributed by atoms with Crippen LogP contribution in [0.15, 0.2) is 24.0 Å². The van der Waals surface area contributed by atoms with E-state index < -0.39 is 0 Å². The molecule has 2 nitrogen and oxygen atoms in total. The van der Waals surface area contributed by atoms with Crippen LogP contribution in [0.2, 0.25) is 0 Å². The van der Waals surface area contributed by atoms with Crippen molar-refractivity contribution in [3.63, 3.8) is 0 Å². The first-order chi connectivity index (χ1) is 4.43. The SMILES string of the molecule is OCCCC1=CC=C[N]1. The lowest BCUT2D eigenvalue weighted by molar-refractivity contribution is 0.288. The topological polar surface area (TPSA) is 34.3 Å². The summed E-state index contributed by atoms with van der Waals surface area (Å²) in [7, 11) is 0. The summed E-state index contributed by atoms with van der Waals surface area (Å²) in [6.07, 6.45) is 7.36. The Morgan fingerprint density at radius 1 is 1.56 bits per heavy atom.